The van der Waals surface area contributed by atoms with Crippen LogP contribution in [0.5, 0.6) is 0 Å². The molecule has 2 aromatic rings. The second-order valence-electron chi connectivity index (χ2n) is 5.32. The summed E-state index contributed by atoms with van der Waals surface area (Å²) < 4.78 is 0. The van der Waals surface area contributed by atoms with Gasteiger partial charge < -0.3 is 10.3 Å². The lowest BCUT2D eigenvalue weighted by molar-refractivity contribution is 0.0897. The molecule has 0 bridgehead atoms. The summed E-state index contributed by atoms with van der Waals surface area (Å²) >= 11 is 0. The molecule has 1 aromatic heterocycles. The van der Waals surface area contributed by atoms with Gasteiger partial charge in [-0.25, -0.2) is 0 Å². The van der Waals surface area contributed by atoms with Crippen molar-refractivity contribution in [2.75, 3.05) is 13.1 Å². The van der Waals surface area contributed by atoms with Crippen molar-refractivity contribution in [1.82, 2.24) is 10.3 Å². The van der Waals surface area contributed by atoms with Gasteiger partial charge in [-0.1, -0.05) is 13.0 Å². The van der Waals surface area contributed by atoms with Gasteiger partial charge in [-0.3, -0.25) is 4.79 Å². The first-order chi connectivity index (χ1) is 9.29. The van der Waals surface area contributed by atoms with E-state index >= 15 is 0 Å². The molecule has 3 nitrogen and oxygen atoms in total. The van der Waals surface area contributed by atoms with Crippen LogP contribution in [0.1, 0.15) is 35.7 Å². The third-order valence-corrected chi connectivity index (χ3v) is 4.13. The van der Waals surface area contributed by atoms with E-state index in [2.05, 4.69) is 35.4 Å². The fourth-order valence-electron chi connectivity index (χ4n) is 2.90. The average molecular weight is 256 g/mol. The van der Waals surface area contributed by atoms with Crippen molar-refractivity contribution in [3.63, 3.8) is 0 Å². The first kappa shape index (κ1) is 12.4. The highest BCUT2D eigenvalue weighted by atomic mass is 16.1. The number of Topliss-reactive ketones (excluding diaryl/α,β-unsaturated/α-hetero) is 1. The summed E-state index contributed by atoms with van der Waals surface area (Å²) in [6, 6.07) is 6.35. The molecule has 2 N–H and O–H groups in total. The van der Waals surface area contributed by atoms with Crippen LogP contribution in [0.25, 0.3) is 10.9 Å². The molecule has 0 unspecified atom stereocenters. The van der Waals surface area contributed by atoms with Crippen molar-refractivity contribution in [2.24, 2.45) is 5.92 Å². The molecule has 3 rings (SSSR count). The summed E-state index contributed by atoms with van der Waals surface area (Å²) in [6.45, 7) is 4.06. The van der Waals surface area contributed by atoms with Gasteiger partial charge in [0.15, 0.2) is 5.78 Å². The number of nitrogens with one attached hydrogen (secondary N) is 2. The topological polar surface area (TPSA) is 44.9 Å². The van der Waals surface area contributed by atoms with Crippen molar-refractivity contribution < 1.29 is 4.79 Å². The number of fused-ring (bicyclic) bond motifs is 1. The summed E-state index contributed by atoms with van der Waals surface area (Å²) in [5.74, 6) is 0.492. The predicted molar refractivity (Wildman–Crippen MR) is 77.6 cm³/mol. The number of aromatic amines is 1. The summed E-state index contributed by atoms with van der Waals surface area (Å²) in [7, 11) is 0. The third kappa shape index (κ3) is 2.30. The molecular formula is C16H20N2O. The van der Waals surface area contributed by atoms with Crippen LogP contribution in [0.15, 0.2) is 24.4 Å². The number of aromatic nitrogens is 1. The lowest BCUT2D eigenvalue weighted by Crippen LogP contribution is -2.31. The van der Waals surface area contributed by atoms with Gasteiger partial charge in [-0.2, -0.15) is 0 Å². The van der Waals surface area contributed by atoms with E-state index in [4.69, 9.17) is 0 Å². The number of carbonyl (C=O) groups is 1. The minimum Gasteiger partial charge on any atom is -0.360 e. The van der Waals surface area contributed by atoms with Crippen LogP contribution in [0.2, 0.25) is 0 Å². The molecule has 19 heavy (non-hydrogen) atoms. The molecule has 1 aliphatic heterocycles. The summed E-state index contributed by atoms with van der Waals surface area (Å²) in [5, 5.41) is 4.40. The Morgan fingerprint density at radius 1 is 1.32 bits per heavy atom. The zero-order valence-corrected chi connectivity index (χ0v) is 11.3. The lowest BCUT2D eigenvalue weighted by atomic mass is 9.89. The van der Waals surface area contributed by atoms with Crippen molar-refractivity contribution in [2.45, 2.75) is 26.2 Å². The normalized spacial score (nSPS) is 16.9. The van der Waals surface area contributed by atoms with Crippen LogP contribution >= 0.6 is 0 Å². The SMILES string of the molecule is CCc1ccc2[nH]cc(C(=O)C3CCNCC3)c2c1. The Hall–Kier alpha value is -1.61. The smallest absolute Gasteiger partial charge is 0.168 e. The molecule has 100 valence electrons. The van der Waals surface area contributed by atoms with Crippen molar-refractivity contribution in [3.05, 3.63) is 35.5 Å². The molecule has 0 saturated carbocycles. The Morgan fingerprint density at radius 3 is 2.84 bits per heavy atom. The zero-order chi connectivity index (χ0) is 13.2. The van der Waals surface area contributed by atoms with Crippen LogP contribution in [-0.4, -0.2) is 23.9 Å². The van der Waals surface area contributed by atoms with Crippen LogP contribution in [0.4, 0.5) is 0 Å². The van der Waals surface area contributed by atoms with Gasteiger partial charge in [0, 0.05) is 28.6 Å². The summed E-state index contributed by atoms with van der Waals surface area (Å²) in [4.78, 5) is 15.8. The molecule has 1 aliphatic rings. The van der Waals surface area contributed by atoms with E-state index in [-0.39, 0.29) is 5.92 Å². The second kappa shape index (κ2) is 5.17. The van der Waals surface area contributed by atoms with E-state index in [0.717, 1.165) is 48.8 Å². The minimum atomic E-state index is 0.186. The van der Waals surface area contributed by atoms with Crippen LogP contribution in [0.3, 0.4) is 0 Å². The van der Waals surface area contributed by atoms with Gasteiger partial charge in [0.1, 0.15) is 0 Å². The number of benzene rings is 1. The van der Waals surface area contributed by atoms with E-state index < -0.39 is 0 Å². The lowest BCUT2D eigenvalue weighted by Gasteiger charge is -2.21. The number of aryl methyl sites for hydroxylation is 1. The summed E-state index contributed by atoms with van der Waals surface area (Å²) in [5.41, 5.74) is 3.22. The Labute approximate surface area is 113 Å². The van der Waals surface area contributed by atoms with Crippen molar-refractivity contribution >= 4 is 16.7 Å². The summed E-state index contributed by atoms with van der Waals surface area (Å²) in [6.07, 6.45) is 4.80. The van der Waals surface area contributed by atoms with Gasteiger partial charge in [0.2, 0.25) is 0 Å². The second-order valence-corrected chi connectivity index (χ2v) is 5.32. The minimum absolute atomic E-state index is 0.186. The van der Waals surface area contributed by atoms with Gasteiger partial charge in [0.05, 0.1) is 0 Å². The number of hydrogen-bond acceptors (Lipinski definition) is 2. The highest BCUT2D eigenvalue weighted by molar-refractivity contribution is 6.09. The molecule has 0 amide bonds. The van der Waals surface area contributed by atoms with E-state index in [9.17, 15) is 4.79 Å². The molecule has 1 fully saturated rings. The highest BCUT2D eigenvalue weighted by Gasteiger charge is 2.24. The van der Waals surface area contributed by atoms with E-state index in [1.165, 1.54) is 5.56 Å². The number of carbonyl (C=O) groups excluding carboxylic acids is 1. The monoisotopic (exact) mass is 256 g/mol. The van der Waals surface area contributed by atoms with Crippen LogP contribution < -0.4 is 5.32 Å². The van der Waals surface area contributed by atoms with Crippen LogP contribution in [-0.2, 0) is 6.42 Å². The number of piperidine rings is 1. The fraction of sp³-hybridized carbons (Fsp3) is 0.438. The molecule has 0 atom stereocenters. The van der Waals surface area contributed by atoms with Gasteiger partial charge in [0.25, 0.3) is 0 Å². The molecule has 0 spiro atoms. The molecule has 0 radical (unpaired) electrons. The van der Waals surface area contributed by atoms with Gasteiger partial charge in [-0.15, -0.1) is 0 Å². The quantitative estimate of drug-likeness (QED) is 0.829. The molecule has 1 saturated heterocycles. The Bertz CT molecular complexity index is 594. The maximum absolute atomic E-state index is 12.6. The molecule has 3 heteroatoms. The number of ketones is 1. The Balaban J connectivity index is 1.97. The Morgan fingerprint density at radius 2 is 2.11 bits per heavy atom. The first-order valence-electron chi connectivity index (χ1n) is 7.14. The van der Waals surface area contributed by atoms with Crippen molar-refractivity contribution in [3.8, 4) is 0 Å². The molecule has 0 aliphatic carbocycles. The maximum atomic E-state index is 12.6. The molecule has 1 aromatic carbocycles. The first-order valence-corrected chi connectivity index (χ1v) is 7.14. The fourth-order valence-corrected chi connectivity index (χ4v) is 2.90. The predicted octanol–water partition coefficient (Wildman–Crippen LogP) is 2.91. The zero-order valence-electron chi connectivity index (χ0n) is 11.3. The van der Waals surface area contributed by atoms with Gasteiger partial charge >= 0.3 is 0 Å². The van der Waals surface area contributed by atoms with Crippen molar-refractivity contribution in [1.29, 1.82) is 0 Å². The number of rotatable bonds is 3. The largest absolute Gasteiger partial charge is 0.360 e. The molecular weight excluding hydrogens is 236 g/mol. The van der Waals surface area contributed by atoms with Crippen LogP contribution in [0, 0.1) is 5.92 Å². The van der Waals surface area contributed by atoms with E-state index in [1.54, 1.807) is 0 Å². The standard InChI is InChI=1S/C16H20N2O/c1-2-11-3-4-15-13(9-11)14(10-18-15)16(19)12-5-7-17-8-6-12/h3-4,9-10,12,17-18H,2,5-8H2,1H3. The third-order valence-electron chi connectivity index (χ3n) is 4.13. The maximum Gasteiger partial charge on any atom is 0.168 e. The average Bonchev–Trinajstić information content (AvgIpc) is 2.90. The highest BCUT2D eigenvalue weighted by Crippen LogP contribution is 2.25. The number of hydrogen-bond donors (Lipinski definition) is 2. The van der Waals surface area contributed by atoms with Gasteiger partial charge in [-0.05, 0) is 50.0 Å². The Kier molecular flexibility index (Phi) is 3.38. The molecule has 2 heterocycles. The number of H-pyrrole nitrogens is 1. The van der Waals surface area contributed by atoms with E-state index in [0.29, 0.717) is 5.78 Å². The van der Waals surface area contributed by atoms with E-state index in [1.807, 2.05) is 6.20 Å².